The van der Waals surface area contributed by atoms with Gasteiger partial charge in [-0.2, -0.15) is 0 Å². The Morgan fingerprint density at radius 2 is 1.88 bits per heavy atom. The van der Waals surface area contributed by atoms with E-state index < -0.39 is 15.6 Å². The van der Waals surface area contributed by atoms with Gasteiger partial charge in [0.15, 0.2) is 0 Å². The molecule has 1 aliphatic carbocycles. The van der Waals surface area contributed by atoms with Crippen molar-refractivity contribution in [2.24, 2.45) is 0 Å². The number of nitrogens with one attached hydrogen (secondary N) is 1. The molecule has 5 heteroatoms. The summed E-state index contributed by atoms with van der Waals surface area (Å²) in [6.45, 7) is 0.277. The van der Waals surface area contributed by atoms with Gasteiger partial charge in [-0.05, 0) is 24.8 Å². The van der Waals surface area contributed by atoms with E-state index in [1.807, 2.05) is 30.3 Å². The zero-order chi connectivity index (χ0) is 12.4. The Labute approximate surface area is 102 Å². The Balaban J connectivity index is 1.89. The van der Waals surface area contributed by atoms with Crippen LogP contribution in [0, 0.1) is 0 Å². The van der Waals surface area contributed by atoms with Crippen LogP contribution in [0.3, 0.4) is 0 Å². The predicted octanol–water partition coefficient (Wildman–Crippen LogP) is 1.02. The van der Waals surface area contributed by atoms with Gasteiger partial charge < -0.3 is 5.11 Å². The fraction of sp³-hybridized carbons (Fsp3) is 0.500. The molecule has 0 bridgehead atoms. The fourth-order valence-electron chi connectivity index (χ4n) is 1.92. The number of aliphatic hydroxyl groups is 1. The maximum absolute atomic E-state index is 11.7. The Bertz CT molecular complexity index is 466. The maximum atomic E-state index is 11.7. The zero-order valence-electron chi connectivity index (χ0n) is 9.59. The Hall–Kier alpha value is -0.910. The van der Waals surface area contributed by atoms with Gasteiger partial charge in [-0.3, -0.25) is 0 Å². The van der Waals surface area contributed by atoms with Crippen molar-refractivity contribution in [2.75, 3.05) is 5.75 Å². The lowest BCUT2D eigenvalue weighted by Crippen LogP contribution is -2.46. The quantitative estimate of drug-likeness (QED) is 0.825. The molecule has 17 heavy (non-hydrogen) atoms. The molecule has 1 aliphatic rings. The van der Waals surface area contributed by atoms with Crippen LogP contribution in [0.15, 0.2) is 30.3 Å². The van der Waals surface area contributed by atoms with E-state index in [9.17, 15) is 13.5 Å². The molecule has 4 nitrogen and oxygen atoms in total. The number of rotatable bonds is 5. The van der Waals surface area contributed by atoms with Gasteiger partial charge in [0.2, 0.25) is 10.0 Å². The molecule has 2 N–H and O–H groups in total. The second-order valence-corrected chi connectivity index (χ2v) is 6.45. The number of hydrogen-bond donors (Lipinski definition) is 2. The summed E-state index contributed by atoms with van der Waals surface area (Å²) in [5, 5.41) is 9.82. The standard InChI is InChI=1S/C12H17NO3S/c14-12(7-4-8-12)10-17(15,16)13-9-11-5-2-1-3-6-11/h1-3,5-6,13-14H,4,7-10H2. The summed E-state index contributed by atoms with van der Waals surface area (Å²) < 4.78 is 26.0. The predicted molar refractivity (Wildman–Crippen MR) is 65.9 cm³/mol. The van der Waals surface area contributed by atoms with Gasteiger partial charge in [-0.25, -0.2) is 13.1 Å². The molecule has 0 heterocycles. The maximum Gasteiger partial charge on any atom is 0.214 e. The second kappa shape index (κ2) is 4.76. The molecule has 0 spiro atoms. The summed E-state index contributed by atoms with van der Waals surface area (Å²) in [6.07, 6.45) is 2.07. The molecule has 0 saturated heterocycles. The van der Waals surface area contributed by atoms with Crippen molar-refractivity contribution >= 4 is 10.0 Å². The largest absolute Gasteiger partial charge is 0.389 e. The first-order valence-electron chi connectivity index (χ1n) is 5.73. The summed E-state index contributed by atoms with van der Waals surface area (Å²) in [6, 6.07) is 9.34. The zero-order valence-corrected chi connectivity index (χ0v) is 10.4. The Morgan fingerprint density at radius 3 is 2.41 bits per heavy atom. The van der Waals surface area contributed by atoms with Crippen LogP contribution in [0.5, 0.6) is 0 Å². The van der Waals surface area contributed by atoms with Crippen molar-refractivity contribution in [3.8, 4) is 0 Å². The smallest absolute Gasteiger partial charge is 0.214 e. The third-order valence-electron chi connectivity index (χ3n) is 3.08. The molecule has 1 fully saturated rings. The minimum absolute atomic E-state index is 0.188. The van der Waals surface area contributed by atoms with E-state index in [4.69, 9.17) is 0 Å². The molecule has 0 aliphatic heterocycles. The summed E-state index contributed by atoms with van der Waals surface area (Å²) >= 11 is 0. The van der Waals surface area contributed by atoms with E-state index in [0.29, 0.717) is 12.8 Å². The number of hydrogen-bond acceptors (Lipinski definition) is 3. The summed E-state index contributed by atoms with van der Waals surface area (Å²) in [5.74, 6) is -0.188. The number of benzene rings is 1. The van der Waals surface area contributed by atoms with E-state index in [2.05, 4.69) is 4.72 Å². The highest BCUT2D eigenvalue weighted by Gasteiger charge is 2.38. The van der Waals surface area contributed by atoms with Crippen LogP contribution in [0.1, 0.15) is 24.8 Å². The van der Waals surface area contributed by atoms with Gasteiger partial charge in [-0.1, -0.05) is 30.3 Å². The van der Waals surface area contributed by atoms with Crippen LogP contribution in [0.25, 0.3) is 0 Å². The molecule has 94 valence electrons. The van der Waals surface area contributed by atoms with Crippen molar-refractivity contribution < 1.29 is 13.5 Å². The summed E-state index contributed by atoms with van der Waals surface area (Å²) in [7, 11) is -3.40. The van der Waals surface area contributed by atoms with E-state index in [0.717, 1.165) is 12.0 Å². The molecule has 2 rings (SSSR count). The SMILES string of the molecule is O=S(=O)(CC1(O)CCC1)NCc1ccccc1. The molecular weight excluding hydrogens is 238 g/mol. The van der Waals surface area contributed by atoms with E-state index in [1.165, 1.54) is 0 Å². The minimum atomic E-state index is -3.40. The Kier molecular flexibility index (Phi) is 3.51. The van der Waals surface area contributed by atoms with Crippen LogP contribution < -0.4 is 4.72 Å². The van der Waals surface area contributed by atoms with Crippen molar-refractivity contribution in [1.82, 2.24) is 4.72 Å². The first-order valence-corrected chi connectivity index (χ1v) is 7.38. The highest BCUT2D eigenvalue weighted by Crippen LogP contribution is 2.32. The van der Waals surface area contributed by atoms with Gasteiger partial charge in [0.1, 0.15) is 0 Å². The van der Waals surface area contributed by atoms with Gasteiger partial charge in [-0.15, -0.1) is 0 Å². The van der Waals surface area contributed by atoms with Crippen LogP contribution in [0.4, 0.5) is 0 Å². The molecule has 0 aromatic heterocycles. The summed E-state index contributed by atoms with van der Waals surface area (Å²) in [5.41, 5.74) is -0.0839. The van der Waals surface area contributed by atoms with Crippen LogP contribution in [-0.4, -0.2) is 24.9 Å². The van der Waals surface area contributed by atoms with Crippen molar-refractivity contribution in [2.45, 2.75) is 31.4 Å². The van der Waals surface area contributed by atoms with Gasteiger partial charge in [0, 0.05) is 6.54 Å². The molecule has 1 aromatic carbocycles. The normalized spacial score (nSPS) is 18.6. The highest BCUT2D eigenvalue weighted by atomic mass is 32.2. The van der Waals surface area contributed by atoms with E-state index >= 15 is 0 Å². The van der Waals surface area contributed by atoms with Crippen molar-refractivity contribution in [1.29, 1.82) is 0 Å². The Morgan fingerprint density at radius 1 is 1.24 bits per heavy atom. The van der Waals surface area contributed by atoms with E-state index in [-0.39, 0.29) is 12.3 Å². The monoisotopic (exact) mass is 255 g/mol. The van der Waals surface area contributed by atoms with Gasteiger partial charge >= 0.3 is 0 Å². The molecule has 0 amide bonds. The van der Waals surface area contributed by atoms with E-state index in [1.54, 1.807) is 0 Å². The average molecular weight is 255 g/mol. The highest BCUT2D eigenvalue weighted by molar-refractivity contribution is 7.89. The minimum Gasteiger partial charge on any atom is -0.389 e. The molecule has 0 atom stereocenters. The van der Waals surface area contributed by atoms with Gasteiger partial charge in [0.05, 0.1) is 11.4 Å². The van der Waals surface area contributed by atoms with Crippen molar-refractivity contribution in [3.05, 3.63) is 35.9 Å². The molecule has 0 radical (unpaired) electrons. The van der Waals surface area contributed by atoms with Crippen LogP contribution in [0.2, 0.25) is 0 Å². The lowest BCUT2D eigenvalue weighted by molar-refractivity contribution is -0.0115. The molecular formula is C12H17NO3S. The first-order chi connectivity index (χ1) is 7.99. The number of sulfonamides is 1. The van der Waals surface area contributed by atoms with Crippen LogP contribution >= 0.6 is 0 Å². The second-order valence-electron chi connectivity index (χ2n) is 4.64. The van der Waals surface area contributed by atoms with Crippen LogP contribution in [-0.2, 0) is 16.6 Å². The first kappa shape index (κ1) is 12.5. The molecule has 1 saturated carbocycles. The molecule has 0 unspecified atom stereocenters. The van der Waals surface area contributed by atoms with Gasteiger partial charge in [0.25, 0.3) is 0 Å². The lowest BCUT2D eigenvalue weighted by Gasteiger charge is -2.35. The summed E-state index contributed by atoms with van der Waals surface area (Å²) in [4.78, 5) is 0. The third-order valence-corrected chi connectivity index (χ3v) is 4.58. The fourth-order valence-corrected chi connectivity index (χ4v) is 3.41. The molecule has 1 aromatic rings. The topological polar surface area (TPSA) is 66.4 Å². The lowest BCUT2D eigenvalue weighted by atomic mass is 9.82. The average Bonchev–Trinajstić information content (AvgIpc) is 2.25. The third kappa shape index (κ3) is 3.52. The van der Waals surface area contributed by atoms with Crippen molar-refractivity contribution in [3.63, 3.8) is 0 Å².